The van der Waals surface area contributed by atoms with Gasteiger partial charge in [0.1, 0.15) is 0 Å². The first-order chi connectivity index (χ1) is 16.0. The van der Waals surface area contributed by atoms with Crippen molar-refractivity contribution in [3.63, 3.8) is 0 Å². The van der Waals surface area contributed by atoms with Crippen LogP contribution in [-0.4, -0.2) is 34.5 Å². The van der Waals surface area contributed by atoms with Crippen LogP contribution in [0.15, 0.2) is 88.8 Å². The third kappa shape index (κ3) is 5.52. The monoisotopic (exact) mass is 457 g/mol. The zero-order chi connectivity index (χ0) is 23.2. The molecule has 0 saturated carbocycles. The largest absolute Gasteiger partial charge is 0.345 e. The van der Waals surface area contributed by atoms with Gasteiger partial charge in [-0.3, -0.25) is 14.2 Å². The van der Waals surface area contributed by atoms with Crippen molar-refractivity contribution in [1.29, 1.82) is 0 Å². The normalized spacial score (nSPS) is 11.0. The van der Waals surface area contributed by atoms with Crippen LogP contribution in [0.4, 0.5) is 0 Å². The number of aryl methyl sites for hydroxylation is 1. The van der Waals surface area contributed by atoms with Crippen LogP contribution in [0.2, 0.25) is 0 Å². The highest BCUT2D eigenvalue weighted by molar-refractivity contribution is 7.98. The Kier molecular flexibility index (Phi) is 7.25. The van der Waals surface area contributed by atoms with Crippen molar-refractivity contribution in [3.05, 3.63) is 106 Å². The molecule has 1 amide bonds. The highest BCUT2D eigenvalue weighted by Crippen LogP contribution is 2.23. The predicted octanol–water partition coefficient (Wildman–Crippen LogP) is 5.02. The van der Waals surface area contributed by atoms with E-state index in [1.165, 1.54) is 17.3 Å². The van der Waals surface area contributed by atoms with Crippen LogP contribution in [0, 0.1) is 0 Å². The number of aromatic nitrogens is 2. The molecule has 5 nitrogen and oxygen atoms in total. The van der Waals surface area contributed by atoms with Crippen LogP contribution in [0.1, 0.15) is 27.9 Å². The second kappa shape index (κ2) is 10.5. The minimum absolute atomic E-state index is 0.00676. The summed E-state index contributed by atoms with van der Waals surface area (Å²) in [5.74, 6) is 0.598. The van der Waals surface area contributed by atoms with E-state index in [4.69, 9.17) is 4.98 Å². The molecule has 1 heterocycles. The van der Waals surface area contributed by atoms with Gasteiger partial charge in [-0.1, -0.05) is 66.4 Å². The van der Waals surface area contributed by atoms with E-state index >= 15 is 0 Å². The summed E-state index contributed by atoms with van der Waals surface area (Å²) in [5.41, 5.74) is 3.64. The van der Waals surface area contributed by atoms with Gasteiger partial charge in [-0.25, -0.2) is 4.98 Å². The lowest BCUT2D eigenvalue weighted by atomic mass is 10.1. The van der Waals surface area contributed by atoms with Crippen molar-refractivity contribution < 1.29 is 4.79 Å². The Balaban J connectivity index is 1.58. The maximum Gasteiger partial charge on any atom is 0.262 e. The van der Waals surface area contributed by atoms with Gasteiger partial charge in [-0.15, -0.1) is 0 Å². The molecular weight excluding hydrogens is 430 g/mol. The van der Waals surface area contributed by atoms with Gasteiger partial charge in [-0.2, -0.15) is 0 Å². The number of rotatable bonds is 8. The van der Waals surface area contributed by atoms with Gasteiger partial charge in [0.2, 0.25) is 0 Å². The van der Waals surface area contributed by atoms with E-state index in [0.717, 1.165) is 18.4 Å². The summed E-state index contributed by atoms with van der Waals surface area (Å²) in [7, 11) is 3.49. The molecule has 0 radical (unpaired) electrons. The Morgan fingerprint density at radius 3 is 2.45 bits per heavy atom. The number of hydrogen-bond acceptors (Lipinski definition) is 4. The predicted molar refractivity (Wildman–Crippen MR) is 135 cm³/mol. The number of fused-ring (bicyclic) bond motifs is 1. The summed E-state index contributed by atoms with van der Waals surface area (Å²) in [6.07, 6.45) is 1.75. The number of thioether (sulfide) groups is 1. The number of amides is 1. The van der Waals surface area contributed by atoms with Crippen molar-refractivity contribution in [2.75, 3.05) is 14.1 Å². The molecule has 4 rings (SSSR count). The lowest BCUT2D eigenvalue weighted by Gasteiger charge is -2.14. The van der Waals surface area contributed by atoms with Gasteiger partial charge in [0.25, 0.3) is 11.5 Å². The van der Waals surface area contributed by atoms with Crippen LogP contribution in [0.25, 0.3) is 10.9 Å². The Hall–Kier alpha value is -3.38. The molecule has 0 spiro atoms. The quantitative estimate of drug-likeness (QED) is 0.275. The topological polar surface area (TPSA) is 55.2 Å². The van der Waals surface area contributed by atoms with Gasteiger partial charge in [0.15, 0.2) is 5.16 Å². The zero-order valence-electron chi connectivity index (χ0n) is 18.9. The second-order valence-corrected chi connectivity index (χ2v) is 9.09. The number of para-hydroxylation sites is 1. The van der Waals surface area contributed by atoms with Crippen molar-refractivity contribution in [2.24, 2.45) is 0 Å². The van der Waals surface area contributed by atoms with E-state index in [0.29, 0.717) is 33.9 Å². The van der Waals surface area contributed by atoms with Crippen molar-refractivity contribution in [1.82, 2.24) is 14.5 Å². The highest BCUT2D eigenvalue weighted by Gasteiger charge is 2.13. The standard InChI is InChI=1S/C27H27N3O2S/c1-29(2)25(31)22-14-8-12-21(18-22)19-33-27-28-24-16-7-6-15-23(24)26(32)30(27)17-9-13-20-10-4-3-5-11-20/h3-8,10-12,14-16,18H,9,13,17,19H2,1-2H3. The SMILES string of the molecule is CN(C)C(=O)c1cccc(CSc2nc3ccccc3c(=O)n2CCCc2ccccc2)c1. The molecule has 0 atom stereocenters. The van der Waals surface area contributed by atoms with Crippen LogP contribution in [-0.2, 0) is 18.7 Å². The third-order valence-electron chi connectivity index (χ3n) is 5.46. The molecule has 0 N–H and O–H groups in total. The smallest absolute Gasteiger partial charge is 0.262 e. The molecule has 0 aliphatic heterocycles. The van der Waals surface area contributed by atoms with Crippen molar-refractivity contribution in [3.8, 4) is 0 Å². The minimum atomic E-state index is -0.0245. The summed E-state index contributed by atoms with van der Waals surface area (Å²) < 4.78 is 1.80. The van der Waals surface area contributed by atoms with Crippen molar-refractivity contribution >= 4 is 28.6 Å². The molecule has 0 aliphatic carbocycles. The Morgan fingerprint density at radius 2 is 1.67 bits per heavy atom. The van der Waals surface area contributed by atoms with Gasteiger partial charge < -0.3 is 4.90 Å². The Labute approximate surface area is 198 Å². The van der Waals surface area contributed by atoms with Crippen molar-refractivity contribution in [2.45, 2.75) is 30.3 Å². The second-order valence-electron chi connectivity index (χ2n) is 8.15. The van der Waals surface area contributed by atoms with Crippen LogP contribution in [0.3, 0.4) is 0 Å². The molecule has 0 unspecified atom stereocenters. The van der Waals surface area contributed by atoms with E-state index in [-0.39, 0.29) is 11.5 Å². The maximum absolute atomic E-state index is 13.3. The Bertz CT molecular complexity index is 1320. The molecule has 0 saturated heterocycles. The Morgan fingerprint density at radius 1 is 0.939 bits per heavy atom. The summed E-state index contributed by atoms with van der Waals surface area (Å²) in [6.45, 7) is 0.604. The minimum Gasteiger partial charge on any atom is -0.345 e. The number of nitrogens with zero attached hydrogens (tertiary/aromatic N) is 3. The number of benzene rings is 3. The van der Waals surface area contributed by atoms with Crippen LogP contribution in [0.5, 0.6) is 0 Å². The molecule has 0 bridgehead atoms. The first-order valence-corrected chi connectivity index (χ1v) is 12.0. The van der Waals surface area contributed by atoms with E-state index in [9.17, 15) is 9.59 Å². The molecule has 33 heavy (non-hydrogen) atoms. The third-order valence-corrected chi connectivity index (χ3v) is 6.51. The molecule has 3 aromatic carbocycles. The van der Waals surface area contributed by atoms with Crippen LogP contribution < -0.4 is 5.56 Å². The molecular formula is C27H27N3O2S. The number of carbonyl (C=O) groups excluding carboxylic acids is 1. The molecule has 6 heteroatoms. The fourth-order valence-electron chi connectivity index (χ4n) is 3.74. The average molecular weight is 458 g/mol. The van der Waals surface area contributed by atoms with Gasteiger partial charge in [0.05, 0.1) is 10.9 Å². The average Bonchev–Trinajstić information content (AvgIpc) is 2.84. The molecule has 0 fully saturated rings. The zero-order valence-corrected chi connectivity index (χ0v) is 19.7. The number of hydrogen-bond donors (Lipinski definition) is 0. The van der Waals surface area contributed by atoms with Gasteiger partial charge in [0, 0.05) is 32.0 Å². The van der Waals surface area contributed by atoms with Gasteiger partial charge in [-0.05, 0) is 48.2 Å². The lowest BCUT2D eigenvalue weighted by Crippen LogP contribution is -2.23. The molecule has 0 aliphatic rings. The summed E-state index contributed by atoms with van der Waals surface area (Å²) in [4.78, 5) is 32.0. The first kappa shape index (κ1) is 22.8. The number of carbonyl (C=O) groups is 1. The fraction of sp³-hybridized carbons (Fsp3) is 0.222. The highest BCUT2D eigenvalue weighted by atomic mass is 32.2. The summed E-state index contributed by atoms with van der Waals surface area (Å²) in [5, 5.41) is 1.34. The lowest BCUT2D eigenvalue weighted by molar-refractivity contribution is 0.0827. The summed E-state index contributed by atoms with van der Waals surface area (Å²) in [6, 6.07) is 25.4. The van der Waals surface area contributed by atoms with E-state index < -0.39 is 0 Å². The summed E-state index contributed by atoms with van der Waals surface area (Å²) >= 11 is 1.53. The van der Waals surface area contributed by atoms with Crippen LogP contribution >= 0.6 is 11.8 Å². The van der Waals surface area contributed by atoms with E-state index in [1.54, 1.807) is 23.6 Å². The molecule has 4 aromatic rings. The molecule has 168 valence electrons. The molecule has 1 aromatic heterocycles. The fourth-order valence-corrected chi connectivity index (χ4v) is 4.71. The van der Waals surface area contributed by atoms with E-state index in [2.05, 4.69) is 12.1 Å². The van der Waals surface area contributed by atoms with E-state index in [1.807, 2.05) is 66.7 Å². The first-order valence-electron chi connectivity index (χ1n) is 11.0. The van der Waals surface area contributed by atoms with Gasteiger partial charge >= 0.3 is 0 Å². The maximum atomic E-state index is 13.3.